The fraction of sp³-hybridized carbons (Fsp3) is 0.440. The van der Waals surface area contributed by atoms with Crippen LogP contribution in [0.3, 0.4) is 0 Å². The Bertz CT molecular complexity index is 1430. The van der Waals surface area contributed by atoms with Crippen LogP contribution in [0.2, 0.25) is 0 Å². The van der Waals surface area contributed by atoms with E-state index in [1.165, 1.54) is 4.31 Å². The first-order chi connectivity index (χ1) is 17.3. The number of H-pyrrole nitrogens is 1. The molecule has 0 unspecified atom stereocenters. The summed E-state index contributed by atoms with van der Waals surface area (Å²) >= 11 is 0. The normalized spacial score (nSPS) is 16.8. The number of rotatable bonds is 6. The van der Waals surface area contributed by atoms with Gasteiger partial charge in [0.05, 0.1) is 17.3 Å². The molecule has 1 aliphatic heterocycles. The Morgan fingerprint density at radius 3 is 2.64 bits per heavy atom. The van der Waals surface area contributed by atoms with E-state index >= 15 is 0 Å². The summed E-state index contributed by atoms with van der Waals surface area (Å²) in [4.78, 5) is 10.8. The maximum atomic E-state index is 13.2. The van der Waals surface area contributed by atoms with Gasteiger partial charge in [0.25, 0.3) is 15.2 Å². The summed E-state index contributed by atoms with van der Waals surface area (Å²) in [5.41, 5.74) is 6.18. The van der Waals surface area contributed by atoms with Gasteiger partial charge >= 0.3 is 0 Å². The average molecular weight is 507 g/mol. The lowest BCUT2D eigenvalue weighted by Gasteiger charge is -2.33. The summed E-state index contributed by atoms with van der Waals surface area (Å²) in [6, 6.07) is 8.48. The number of pyridine rings is 1. The number of piperidine rings is 1. The van der Waals surface area contributed by atoms with E-state index in [0.717, 1.165) is 65.7 Å². The van der Waals surface area contributed by atoms with Gasteiger partial charge < -0.3 is 10.2 Å². The van der Waals surface area contributed by atoms with Gasteiger partial charge in [0, 0.05) is 36.6 Å². The minimum absolute atomic E-state index is 0.167. The van der Waals surface area contributed by atoms with Crippen LogP contribution in [0.1, 0.15) is 41.6 Å². The van der Waals surface area contributed by atoms with Gasteiger partial charge in [-0.25, -0.2) is 13.5 Å². The van der Waals surface area contributed by atoms with Gasteiger partial charge in [-0.05, 0) is 88.0 Å². The van der Waals surface area contributed by atoms with Gasteiger partial charge in [-0.3, -0.25) is 4.98 Å². The van der Waals surface area contributed by atoms with Crippen molar-refractivity contribution in [3.05, 3.63) is 46.8 Å². The Morgan fingerprint density at radius 2 is 1.94 bits per heavy atom. The van der Waals surface area contributed by atoms with E-state index in [0.29, 0.717) is 24.7 Å². The van der Waals surface area contributed by atoms with E-state index in [1.54, 1.807) is 6.20 Å². The molecule has 0 radical (unpaired) electrons. The zero-order valence-corrected chi connectivity index (χ0v) is 21.6. The highest BCUT2D eigenvalue weighted by atomic mass is 32.2. The van der Waals surface area contributed by atoms with Crippen LogP contribution in [0.15, 0.2) is 29.6 Å². The van der Waals surface area contributed by atoms with Crippen LogP contribution in [-0.4, -0.2) is 71.0 Å². The van der Waals surface area contributed by atoms with Crippen LogP contribution in [0.25, 0.3) is 11.1 Å². The minimum atomic E-state index is -3.78. The van der Waals surface area contributed by atoms with Crippen molar-refractivity contribution in [3.8, 4) is 17.2 Å². The zero-order valence-electron chi connectivity index (χ0n) is 20.7. The van der Waals surface area contributed by atoms with E-state index in [-0.39, 0.29) is 11.1 Å². The predicted octanol–water partition coefficient (Wildman–Crippen LogP) is 2.99. The fourth-order valence-electron chi connectivity index (χ4n) is 5.22. The van der Waals surface area contributed by atoms with Crippen LogP contribution in [0.5, 0.6) is 0 Å². The molecule has 188 valence electrons. The molecule has 5 rings (SSSR count). The number of nitriles is 1. The van der Waals surface area contributed by atoms with Crippen molar-refractivity contribution in [2.45, 2.75) is 50.2 Å². The molecule has 2 aromatic heterocycles. The van der Waals surface area contributed by atoms with Crippen LogP contribution in [0.4, 0.5) is 11.6 Å². The Kier molecular flexibility index (Phi) is 6.51. The third kappa shape index (κ3) is 4.48. The number of fused-ring (bicyclic) bond motifs is 1. The highest BCUT2D eigenvalue weighted by Gasteiger charge is 2.33. The van der Waals surface area contributed by atoms with Crippen molar-refractivity contribution in [2.24, 2.45) is 0 Å². The van der Waals surface area contributed by atoms with E-state index in [1.807, 2.05) is 39.2 Å². The number of nitrogens with one attached hydrogen (secondary N) is 2. The number of hydrogen-bond donors (Lipinski definition) is 2. The molecule has 36 heavy (non-hydrogen) atoms. The van der Waals surface area contributed by atoms with Crippen LogP contribution >= 0.6 is 0 Å². The standard InChI is InChI=1S/C25H30N8O2S/c1-16-13-17(7-10-27-16)22-14-18(15-26)20-5-4-6-21(20)23(22)28-24-29-25(31-30-24)36(34,35)33-11-8-19(9-12-33)32(2)3/h7,10,13-14,19H,4-6,8-9,11-12H2,1-3H3,(H2,28,29,30,31). The average Bonchev–Trinajstić information content (AvgIpc) is 3.55. The maximum Gasteiger partial charge on any atom is 0.278 e. The molecular formula is C25H30N8O2S. The molecule has 0 saturated carbocycles. The van der Waals surface area contributed by atoms with E-state index in [4.69, 9.17) is 0 Å². The second kappa shape index (κ2) is 9.61. The van der Waals surface area contributed by atoms with Crippen molar-refractivity contribution in [3.63, 3.8) is 0 Å². The molecule has 3 heterocycles. The molecule has 3 aromatic rings. The SMILES string of the molecule is Cc1cc(-c2cc(C#N)c3c(c2Nc2n[nH]c(S(=O)(=O)N4CCC(N(C)C)CC4)n2)CCC3)ccn1. The Hall–Kier alpha value is -3.33. The quantitative estimate of drug-likeness (QED) is 0.522. The number of sulfonamides is 1. The molecule has 0 atom stereocenters. The smallest absolute Gasteiger partial charge is 0.278 e. The van der Waals surface area contributed by atoms with Crippen LogP contribution in [0, 0.1) is 18.3 Å². The molecule has 1 saturated heterocycles. The summed E-state index contributed by atoms with van der Waals surface area (Å²) in [7, 11) is 0.259. The van der Waals surface area contributed by atoms with Gasteiger partial charge in [-0.15, -0.1) is 5.10 Å². The third-order valence-electron chi connectivity index (χ3n) is 7.17. The summed E-state index contributed by atoms with van der Waals surface area (Å²) in [5, 5.41) is 19.7. The van der Waals surface area contributed by atoms with Crippen molar-refractivity contribution >= 4 is 21.7 Å². The van der Waals surface area contributed by atoms with E-state index < -0.39 is 10.0 Å². The van der Waals surface area contributed by atoms with Crippen molar-refractivity contribution in [1.82, 2.24) is 29.4 Å². The Morgan fingerprint density at radius 1 is 1.19 bits per heavy atom. The highest BCUT2D eigenvalue weighted by molar-refractivity contribution is 7.88. The van der Waals surface area contributed by atoms with Gasteiger partial charge in [0.1, 0.15) is 0 Å². The fourth-order valence-corrected chi connectivity index (χ4v) is 6.52. The van der Waals surface area contributed by atoms with Crippen LogP contribution in [-0.2, 0) is 22.9 Å². The van der Waals surface area contributed by atoms with Gasteiger partial charge in [-0.2, -0.15) is 14.6 Å². The van der Waals surface area contributed by atoms with E-state index in [9.17, 15) is 13.7 Å². The number of aromatic nitrogens is 4. The monoisotopic (exact) mass is 506 g/mol. The lowest BCUT2D eigenvalue weighted by atomic mass is 9.93. The Balaban J connectivity index is 1.47. The number of benzene rings is 1. The number of hydrogen-bond acceptors (Lipinski definition) is 8. The van der Waals surface area contributed by atoms with Crippen molar-refractivity contribution in [1.29, 1.82) is 5.26 Å². The first kappa shape index (κ1) is 24.4. The lowest BCUT2D eigenvalue weighted by Crippen LogP contribution is -2.44. The van der Waals surface area contributed by atoms with E-state index in [2.05, 4.69) is 36.5 Å². The molecule has 10 nitrogen and oxygen atoms in total. The second-order valence-corrected chi connectivity index (χ2v) is 11.5. The molecule has 11 heteroatoms. The highest BCUT2D eigenvalue weighted by Crippen LogP contribution is 2.40. The number of aryl methyl sites for hydroxylation is 1. The second-order valence-electron chi connectivity index (χ2n) is 9.64. The van der Waals surface area contributed by atoms with Gasteiger partial charge in [0.15, 0.2) is 0 Å². The summed E-state index contributed by atoms with van der Waals surface area (Å²) in [5.74, 6) is 0.183. The van der Waals surface area contributed by atoms with Gasteiger partial charge in [0.2, 0.25) is 5.95 Å². The molecule has 1 fully saturated rings. The van der Waals surface area contributed by atoms with Crippen molar-refractivity contribution in [2.75, 3.05) is 32.5 Å². The summed E-state index contributed by atoms with van der Waals surface area (Å²) in [6.07, 6.45) is 5.90. The number of nitrogens with zero attached hydrogens (tertiary/aromatic N) is 6. The Labute approximate surface area is 211 Å². The summed E-state index contributed by atoms with van der Waals surface area (Å²) in [6.45, 7) is 2.82. The lowest BCUT2D eigenvalue weighted by molar-refractivity contribution is 0.196. The molecule has 2 aliphatic rings. The molecule has 1 aromatic carbocycles. The van der Waals surface area contributed by atoms with Crippen molar-refractivity contribution < 1.29 is 8.42 Å². The first-order valence-electron chi connectivity index (χ1n) is 12.2. The topological polar surface area (TPSA) is 131 Å². The summed E-state index contributed by atoms with van der Waals surface area (Å²) < 4.78 is 27.9. The zero-order chi connectivity index (χ0) is 25.4. The molecule has 0 amide bonds. The van der Waals surface area contributed by atoms with Gasteiger partial charge in [-0.1, -0.05) is 0 Å². The predicted molar refractivity (Wildman–Crippen MR) is 136 cm³/mol. The molecule has 0 spiro atoms. The first-order valence-corrected chi connectivity index (χ1v) is 13.6. The molecule has 2 N–H and O–H groups in total. The molecular weight excluding hydrogens is 476 g/mol. The number of anilines is 2. The number of aromatic amines is 1. The minimum Gasteiger partial charge on any atom is -0.322 e. The molecule has 1 aliphatic carbocycles. The third-order valence-corrected chi connectivity index (χ3v) is 8.89. The largest absolute Gasteiger partial charge is 0.322 e. The molecule has 0 bridgehead atoms. The van der Waals surface area contributed by atoms with Crippen LogP contribution < -0.4 is 5.32 Å². The maximum absolute atomic E-state index is 13.2.